The first-order valence-electron chi connectivity index (χ1n) is 10.7. The van der Waals surface area contributed by atoms with E-state index < -0.39 is 5.97 Å². The number of carbonyl (C=O) groups is 2. The minimum absolute atomic E-state index is 0.112. The standard InChI is InChI=1S/C26H24ClN3O4/c1-28(2)24(31)18-7-10-21(11-8-18)30-23-16-20(27)9-12-22(23)29(26(30)33)14-13-17-5-4-6-19(15-17)25(32)34-3/h4-12,15-16H,13-14H2,1-3H3. The highest BCUT2D eigenvalue weighted by Crippen LogP contribution is 2.23. The Morgan fingerprint density at radius 3 is 2.35 bits per heavy atom. The Bertz CT molecular complexity index is 1430. The molecule has 0 spiro atoms. The molecule has 0 radical (unpaired) electrons. The molecule has 7 nitrogen and oxygen atoms in total. The molecule has 4 aromatic rings. The second-order valence-corrected chi connectivity index (χ2v) is 8.53. The number of hydrogen-bond donors (Lipinski definition) is 0. The van der Waals surface area contributed by atoms with Gasteiger partial charge in [0.15, 0.2) is 0 Å². The third-order valence-electron chi connectivity index (χ3n) is 5.64. The Kier molecular flexibility index (Phi) is 6.56. The van der Waals surface area contributed by atoms with Gasteiger partial charge in [0.05, 0.1) is 29.4 Å². The lowest BCUT2D eigenvalue weighted by molar-refractivity contribution is 0.0600. The molecule has 0 atom stereocenters. The van der Waals surface area contributed by atoms with Crippen molar-refractivity contribution in [3.63, 3.8) is 0 Å². The van der Waals surface area contributed by atoms with Crippen molar-refractivity contribution in [3.8, 4) is 5.69 Å². The summed E-state index contributed by atoms with van der Waals surface area (Å²) in [7, 11) is 4.73. The predicted octanol–water partition coefficient (Wildman–Crippen LogP) is 4.18. The highest BCUT2D eigenvalue weighted by molar-refractivity contribution is 6.31. The second kappa shape index (κ2) is 9.57. The molecule has 3 aromatic carbocycles. The van der Waals surface area contributed by atoms with E-state index in [2.05, 4.69) is 0 Å². The summed E-state index contributed by atoms with van der Waals surface area (Å²) in [5, 5.41) is 0.517. The number of carbonyl (C=O) groups excluding carboxylic acids is 2. The Morgan fingerprint density at radius 2 is 1.68 bits per heavy atom. The number of amides is 1. The molecule has 1 heterocycles. The van der Waals surface area contributed by atoms with Crippen LogP contribution in [0.15, 0.2) is 71.5 Å². The fraction of sp³-hybridized carbons (Fsp3) is 0.192. The van der Waals surface area contributed by atoms with Gasteiger partial charge in [0.2, 0.25) is 0 Å². The SMILES string of the molecule is COC(=O)c1cccc(CCn2c(=O)n(-c3ccc(C(=O)N(C)C)cc3)c3cc(Cl)ccc32)c1. The van der Waals surface area contributed by atoms with Crippen molar-refractivity contribution in [1.82, 2.24) is 14.0 Å². The lowest BCUT2D eigenvalue weighted by atomic mass is 10.1. The van der Waals surface area contributed by atoms with Crippen molar-refractivity contribution in [2.24, 2.45) is 0 Å². The van der Waals surface area contributed by atoms with Crippen LogP contribution in [-0.2, 0) is 17.7 Å². The second-order valence-electron chi connectivity index (χ2n) is 8.09. The molecule has 0 fully saturated rings. The van der Waals surface area contributed by atoms with E-state index in [1.165, 1.54) is 12.0 Å². The van der Waals surface area contributed by atoms with Gasteiger partial charge >= 0.3 is 11.7 Å². The van der Waals surface area contributed by atoms with E-state index in [4.69, 9.17) is 16.3 Å². The third-order valence-corrected chi connectivity index (χ3v) is 5.88. The molecule has 0 aliphatic heterocycles. The summed E-state index contributed by atoms with van der Waals surface area (Å²) < 4.78 is 8.08. The van der Waals surface area contributed by atoms with Crippen LogP contribution in [0.2, 0.25) is 5.02 Å². The Balaban J connectivity index is 1.73. The summed E-state index contributed by atoms with van der Waals surface area (Å²) >= 11 is 6.26. The number of methoxy groups -OCH3 is 1. The van der Waals surface area contributed by atoms with E-state index in [-0.39, 0.29) is 11.6 Å². The van der Waals surface area contributed by atoms with Crippen molar-refractivity contribution in [2.75, 3.05) is 21.2 Å². The maximum atomic E-state index is 13.5. The van der Waals surface area contributed by atoms with E-state index in [1.807, 2.05) is 12.1 Å². The molecule has 4 rings (SSSR count). The molecule has 0 saturated heterocycles. The molecule has 8 heteroatoms. The lowest BCUT2D eigenvalue weighted by Gasteiger charge is -2.11. The Labute approximate surface area is 201 Å². The first-order chi connectivity index (χ1) is 16.3. The van der Waals surface area contributed by atoms with E-state index >= 15 is 0 Å². The number of hydrogen-bond acceptors (Lipinski definition) is 4. The molecule has 174 valence electrons. The van der Waals surface area contributed by atoms with Gasteiger partial charge in [-0.25, -0.2) is 9.59 Å². The van der Waals surface area contributed by atoms with Gasteiger partial charge in [0, 0.05) is 31.2 Å². The zero-order chi connectivity index (χ0) is 24.4. The van der Waals surface area contributed by atoms with E-state index in [1.54, 1.807) is 77.8 Å². The van der Waals surface area contributed by atoms with Crippen molar-refractivity contribution in [3.05, 3.63) is 98.9 Å². The van der Waals surface area contributed by atoms with E-state index in [0.29, 0.717) is 40.3 Å². The lowest BCUT2D eigenvalue weighted by Crippen LogP contribution is -2.24. The van der Waals surface area contributed by atoms with Crippen molar-refractivity contribution in [2.45, 2.75) is 13.0 Å². The van der Waals surface area contributed by atoms with Crippen LogP contribution in [0.5, 0.6) is 0 Å². The summed E-state index contributed by atoms with van der Waals surface area (Å²) in [5.41, 5.74) is 3.76. The van der Waals surface area contributed by atoms with Crippen LogP contribution >= 0.6 is 11.6 Å². The summed E-state index contributed by atoms with van der Waals surface area (Å²) in [4.78, 5) is 39.1. The summed E-state index contributed by atoms with van der Waals surface area (Å²) in [6.45, 7) is 0.409. The molecular weight excluding hydrogens is 454 g/mol. The number of aromatic nitrogens is 2. The number of fused-ring (bicyclic) bond motifs is 1. The van der Waals surface area contributed by atoms with Gasteiger partial charge in [0.25, 0.3) is 5.91 Å². The molecule has 0 saturated carbocycles. The summed E-state index contributed by atoms with van der Waals surface area (Å²) in [5.74, 6) is -0.514. The topological polar surface area (TPSA) is 73.5 Å². The number of ether oxygens (including phenoxy) is 1. The zero-order valence-electron chi connectivity index (χ0n) is 19.1. The molecule has 0 bridgehead atoms. The fourth-order valence-electron chi connectivity index (χ4n) is 3.92. The minimum Gasteiger partial charge on any atom is -0.465 e. The van der Waals surface area contributed by atoms with Crippen LogP contribution in [0.3, 0.4) is 0 Å². The molecule has 1 aromatic heterocycles. The van der Waals surface area contributed by atoms with Crippen molar-refractivity contribution < 1.29 is 14.3 Å². The van der Waals surface area contributed by atoms with E-state index in [0.717, 1.165) is 11.1 Å². The number of nitrogens with zero attached hydrogens (tertiary/aromatic N) is 3. The maximum Gasteiger partial charge on any atom is 0.337 e. The van der Waals surface area contributed by atoms with Crippen molar-refractivity contribution in [1.29, 1.82) is 0 Å². The fourth-order valence-corrected chi connectivity index (χ4v) is 4.09. The van der Waals surface area contributed by atoms with Crippen LogP contribution < -0.4 is 5.69 Å². The smallest absolute Gasteiger partial charge is 0.337 e. The highest BCUT2D eigenvalue weighted by Gasteiger charge is 2.16. The monoisotopic (exact) mass is 477 g/mol. The molecule has 34 heavy (non-hydrogen) atoms. The average molecular weight is 478 g/mol. The van der Waals surface area contributed by atoms with Crippen LogP contribution in [0.25, 0.3) is 16.7 Å². The average Bonchev–Trinajstić information content (AvgIpc) is 3.12. The van der Waals surface area contributed by atoms with Gasteiger partial charge in [-0.05, 0) is 66.6 Å². The van der Waals surface area contributed by atoms with Crippen molar-refractivity contribution >= 4 is 34.5 Å². The molecule has 1 amide bonds. The van der Waals surface area contributed by atoms with Crippen LogP contribution in [0.1, 0.15) is 26.3 Å². The molecule has 0 unspecified atom stereocenters. The van der Waals surface area contributed by atoms with E-state index in [9.17, 15) is 14.4 Å². The van der Waals surface area contributed by atoms with Crippen LogP contribution in [0, 0.1) is 0 Å². The minimum atomic E-state index is -0.401. The quantitative estimate of drug-likeness (QED) is 0.390. The Morgan fingerprint density at radius 1 is 0.941 bits per heavy atom. The number of imidazole rings is 1. The summed E-state index contributed by atoms with van der Waals surface area (Å²) in [6.07, 6.45) is 0.544. The molecular formula is C26H24ClN3O4. The first kappa shape index (κ1) is 23.3. The highest BCUT2D eigenvalue weighted by atomic mass is 35.5. The summed E-state index contributed by atoms with van der Waals surface area (Å²) in [6, 6.07) is 19.4. The van der Waals surface area contributed by atoms with Gasteiger partial charge in [-0.2, -0.15) is 0 Å². The van der Waals surface area contributed by atoms with Gasteiger partial charge in [-0.15, -0.1) is 0 Å². The number of aryl methyl sites for hydroxylation is 2. The largest absolute Gasteiger partial charge is 0.465 e. The number of halogens is 1. The molecule has 0 aliphatic carbocycles. The normalized spacial score (nSPS) is 10.9. The third kappa shape index (κ3) is 4.47. The predicted molar refractivity (Wildman–Crippen MR) is 132 cm³/mol. The van der Waals surface area contributed by atoms with Gasteiger partial charge in [-0.3, -0.25) is 13.9 Å². The molecule has 0 aliphatic rings. The molecule has 0 N–H and O–H groups in total. The Hall–Kier alpha value is -3.84. The van der Waals surface area contributed by atoms with Gasteiger partial charge in [0.1, 0.15) is 0 Å². The zero-order valence-corrected chi connectivity index (χ0v) is 19.9. The van der Waals surface area contributed by atoms with Gasteiger partial charge in [-0.1, -0.05) is 23.7 Å². The van der Waals surface area contributed by atoms with Crippen LogP contribution in [0.4, 0.5) is 0 Å². The number of rotatable bonds is 6. The van der Waals surface area contributed by atoms with Crippen LogP contribution in [-0.4, -0.2) is 47.1 Å². The maximum absolute atomic E-state index is 13.5. The van der Waals surface area contributed by atoms with Gasteiger partial charge < -0.3 is 9.64 Å². The number of esters is 1. The first-order valence-corrected chi connectivity index (χ1v) is 11.1. The number of benzene rings is 3.